The molecule has 0 radical (unpaired) electrons. The van der Waals surface area contributed by atoms with E-state index < -0.39 is 6.04 Å². The Morgan fingerprint density at radius 3 is 2.86 bits per heavy atom. The van der Waals surface area contributed by atoms with Crippen LogP contribution in [0, 0.1) is 0 Å². The van der Waals surface area contributed by atoms with Crippen molar-refractivity contribution in [2.45, 2.75) is 13.0 Å². The number of rotatable bonds is 6. The Morgan fingerprint density at radius 2 is 2.14 bits per heavy atom. The summed E-state index contributed by atoms with van der Waals surface area (Å²) in [7, 11) is 1.59. The normalized spacial score (nSPS) is 12.1. The number of nitrogens with zero attached hydrogens (tertiary/aromatic N) is 1. The molecule has 110 valence electrons. The molecule has 21 heavy (non-hydrogen) atoms. The van der Waals surface area contributed by atoms with Crippen molar-refractivity contribution >= 4 is 29.1 Å². The van der Waals surface area contributed by atoms with Crippen LogP contribution in [0.5, 0.6) is 5.75 Å². The zero-order valence-corrected chi connectivity index (χ0v) is 12.7. The number of hydrogen-bond acceptors (Lipinski definition) is 5. The minimum absolute atomic E-state index is 0.214. The summed E-state index contributed by atoms with van der Waals surface area (Å²) in [5.74, 6) is 0.480. The number of thiophene rings is 1. The fourth-order valence-corrected chi connectivity index (χ4v) is 2.27. The van der Waals surface area contributed by atoms with Crippen molar-refractivity contribution in [3.8, 4) is 5.75 Å². The number of nitrogens with one attached hydrogen (secondary N) is 2. The molecule has 1 heterocycles. The van der Waals surface area contributed by atoms with Gasteiger partial charge in [0.1, 0.15) is 11.8 Å². The van der Waals surface area contributed by atoms with Gasteiger partial charge in [0.25, 0.3) is 5.91 Å². The van der Waals surface area contributed by atoms with E-state index in [1.54, 1.807) is 31.6 Å². The second kappa shape index (κ2) is 7.44. The van der Waals surface area contributed by atoms with Gasteiger partial charge in [0, 0.05) is 4.88 Å². The molecule has 0 aliphatic heterocycles. The molecule has 0 aliphatic rings. The van der Waals surface area contributed by atoms with E-state index in [-0.39, 0.29) is 5.91 Å². The van der Waals surface area contributed by atoms with Gasteiger partial charge in [-0.15, -0.1) is 11.3 Å². The number of carbonyl (C=O) groups is 1. The highest BCUT2D eigenvalue weighted by Crippen LogP contribution is 2.23. The Hall–Kier alpha value is -2.34. The molecule has 2 rings (SSSR count). The Labute approximate surface area is 127 Å². The molecule has 0 saturated heterocycles. The fraction of sp³-hybridized carbons (Fsp3) is 0.200. The topological polar surface area (TPSA) is 62.7 Å². The molecule has 1 aromatic carbocycles. The summed E-state index contributed by atoms with van der Waals surface area (Å²) in [6.07, 6.45) is 1.62. The van der Waals surface area contributed by atoms with Crippen LogP contribution in [-0.2, 0) is 4.79 Å². The molecule has 1 aromatic heterocycles. The number of carbonyl (C=O) groups excluding carboxylic acids is 1. The Bertz CT molecular complexity index is 611. The summed E-state index contributed by atoms with van der Waals surface area (Å²) < 4.78 is 5.23. The first-order valence-electron chi connectivity index (χ1n) is 6.46. The van der Waals surface area contributed by atoms with Crippen LogP contribution in [0.15, 0.2) is 46.9 Å². The zero-order chi connectivity index (χ0) is 15.1. The predicted molar refractivity (Wildman–Crippen MR) is 86.1 cm³/mol. The van der Waals surface area contributed by atoms with E-state index in [9.17, 15) is 4.79 Å². The van der Waals surface area contributed by atoms with Crippen molar-refractivity contribution < 1.29 is 9.53 Å². The maximum absolute atomic E-state index is 12.0. The molecule has 0 fully saturated rings. The van der Waals surface area contributed by atoms with Gasteiger partial charge in [-0.1, -0.05) is 18.2 Å². The minimum atomic E-state index is -0.429. The van der Waals surface area contributed by atoms with Crippen LogP contribution in [0.4, 0.5) is 5.69 Å². The summed E-state index contributed by atoms with van der Waals surface area (Å²) in [6, 6.07) is 10.9. The minimum Gasteiger partial charge on any atom is -0.495 e. The lowest BCUT2D eigenvalue weighted by atomic mass is 10.2. The van der Waals surface area contributed by atoms with Gasteiger partial charge >= 0.3 is 0 Å². The van der Waals surface area contributed by atoms with E-state index in [1.165, 1.54) is 0 Å². The van der Waals surface area contributed by atoms with Crippen LogP contribution >= 0.6 is 11.3 Å². The molecule has 0 aliphatic carbocycles. The quantitative estimate of drug-likeness (QED) is 0.637. The second-order valence-electron chi connectivity index (χ2n) is 4.32. The lowest BCUT2D eigenvalue weighted by Crippen LogP contribution is -2.35. The van der Waals surface area contributed by atoms with Crippen molar-refractivity contribution in [2.75, 3.05) is 12.4 Å². The third kappa shape index (κ3) is 4.32. The fourth-order valence-electron chi connectivity index (χ4n) is 1.68. The van der Waals surface area contributed by atoms with Gasteiger partial charge in [0.05, 0.1) is 19.0 Å². The van der Waals surface area contributed by atoms with Gasteiger partial charge in [-0.3, -0.25) is 4.79 Å². The first kappa shape index (κ1) is 15.1. The number of benzene rings is 1. The van der Waals surface area contributed by atoms with Gasteiger partial charge in [0.15, 0.2) is 0 Å². The summed E-state index contributed by atoms with van der Waals surface area (Å²) in [6.45, 7) is 1.77. The van der Waals surface area contributed by atoms with Gasteiger partial charge in [-0.25, -0.2) is 5.43 Å². The summed E-state index contributed by atoms with van der Waals surface area (Å²) in [4.78, 5) is 12.9. The number of para-hydroxylation sites is 2. The number of hydrogen-bond donors (Lipinski definition) is 2. The highest BCUT2D eigenvalue weighted by molar-refractivity contribution is 7.11. The maximum Gasteiger partial charge on any atom is 0.262 e. The zero-order valence-electron chi connectivity index (χ0n) is 11.9. The molecular weight excluding hydrogens is 286 g/mol. The average Bonchev–Trinajstić information content (AvgIpc) is 3.01. The highest BCUT2D eigenvalue weighted by atomic mass is 32.1. The lowest BCUT2D eigenvalue weighted by Gasteiger charge is -2.15. The van der Waals surface area contributed by atoms with Crippen LogP contribution in [0.3, 0.4) is 0 Å². The third-order valence-electron chi connectivity index (χ3n) is 2.78. The standard InChI is InChI=1S/C15H17N3O2S/c1-11(17-13-7-3-4-8-14(13)20-2)15(19)18-16-10-12-6-5-9-21-12/h3-11,17H,1-2H3,(H,18,19)/b16-10-/t11-/m1/s1. The predicted octanol–water partition coefficient (Wildman–Crippen LogP) is 2.71. The van der Waals surface area contributed by atoms with E-state index in [1.807, 2.05) is 41.8 Å². The van der Waals surface area contributed by atoms with Gasteiger partial charge in [-0.2, -0.15) is 5.10 Å². The number of amides is 1. The number of hydrazone groups is 1. The Kier molecular flexibility index (Phi) is 5.34. The molecule has 1 atom stereocenters. The largest absolute Gasteiger partial charge is 0.495 e. The van der Waals surface area contributed by atoms with Crippen molar-refractivity contribution in [2.24, 2.45) is 5.10 Å². The first-order valence-corrected chi connectivity index (χ1v) is 7.34. The molecule has 0 spiro atoms. The maximum atomic E-state index is 12.0. The Balaban J connectivity index is 1.90. The SMILES string of the molecule is COc1ccccc1N[C@H](C)C(=O)N/N=C\c1cccs1. The van der Waals surface area contributed by atoms with Crippen LogP contribution in [0.2, 0.25) is 0 Å². The molecule has 0 bridgehead atoms. The Morgan fingerprint density at radius 1 is 1.33 bits per heavy atom. The van der Waals surface area contributed by atoms with E-state index >= 15 is 0 Å². The number of anilines is 1. The van der Waals surface area contributed by atoms with E-state index in [2.05, 4.69) is 15.8 Å². The summed E-state index contributed by atoms with van der Waals surface area (Å²) >= 11 is 1.56. The third-order valence-corrected chi connectivity index (χ3v) is 3.59. The molecule has 2 N–H and O–H groups in total. The highest BCUT2D eigenvalue weighted by Gasteiger charge is 2.13. The van der Waals surface area contributed by atoms with Crippen LogP contribution in [0.1, 0.15) is 11.8 Å². The molecule has 1 amide bonds. The number of ether oxygens (including phenoxy) is 1. The summed E-state index contributed by atoms with van der Waals surface area (Å²) in [5.41, 5.74) is 3.28. The monoisotopic (exact) mass is 303 g/mol. The molecule has 0 saturated carbocycles. The molecule has 5 nitrogen and oxygen atoms in total. The van der Waals surface area contributed by atoms with Crippen LogP contribution < -0.4 is 15.5 Å². The van der Waals surface area contributed by atoms with Crippen LogP contribution in [0.25, 0.3) is 0 Å². The van der Waals surface area contributed by atoms with Crippen LogP contribution in [-0.4, -0.2) is 25.3 Å². The second-order valence-corrected chi connectivity index (χ2v) is 5.30. The van der Waals surface area contributed by atoms with Crippen molar-refractivity contribution in [1.29, 1.82) is 0 Å². The molecule has 6 heteroatoms. The molecule has 2 aromatic rings. The first-order chi connectivity index (χ1) is 10.2. The van der Waals surface area contributed by atoms with Crippen molar-refractivity contribution in [1.82, 2.24) is 5.43 Å². The van der Waals surface area contributed by atoms with Gasteiger partial charge in [-0.05, 0) is 30.5 Å². The van der Waals surface area contributed by atoms with Gasteiger partial charge in [0.2, 0.25) is 0 Å². The van der Waals surface area contributed by atoms with E-state index in [0.717, 1.165) is 10.6 Å². The van der Waals surface area contributed by atoms with E-state index in [4.69, 9.17) is 4.74 Å². The van der Waals surface area contributed by atoms with Gasteiger partial charge < -0.3 is 10.1 Å². The molecular formula is C15H17N3O2S. The van der Waals surface area contributed by atoms with Crippen molar-refractivity contribution in [3.05, 3.63) is 46.7 Å². The van der Waals surface area contributed by atoms with E-state index in [0.29, 0.717) is 5.75 Å². The number of methoxy groups -OCH3 is 1. The molecule has 0 unspecified atom stereocenters. The van der Waals surface area contributed by atoms with Crippen molar-refractivity contribution in [3.63, 3.8) is 0 Å². The summed E-state index contributed by atoms with van der Waals surface area (Å²) in [5, 5.41) is 8.98. The average molecular weight is 303 g/mol. The lowest BCUT2D eigenvalue weighted by molar-refractivity contribution is -0.121. The smallest absolute Gasteiger partial charge is 0.262 e.